The Labute approximate surface area is 119 Å². The van der Waals surface area contributed by atoms with Crippen LogP contribution >= 0.6 is 0 Å². The van der Waals surface area contributed by atoms with Crippen molar-refractivity contribution in [1.29, 1.82) is 5.26 Å². The molecular formula is C16H20N2O2. The maximum Gasteiger partial charge on any atom is 0.258 e. The zero-order valence-electron chi connectivity index (χ0n) is 11.8. The highest BCUT2D eigenvalue weighted by molar-refractivity contribution is 5.78. The first-order chi connectivity index (χ1) is 9.70. The molecule has 0 aliphatic heterocycles. The van der Waals surface area contributed by atoms with E-state index in [4.69, 9.17) is 10.00 Å². The molecule has 4 heteroatoms. The summed E-state index contributed by atoms with van der Waals surface area (Å²) < 4.78 is 5.43. The van der Waals surface area contributed by atoms with Gasteiger partial charge in [-0.2, -0.15) is 5.26 Å². The fourth-order valence-electron chi connectivity index (χ4n) is 2.61. The minimum absolute atomic E-state index is 0.0398. The molecule has 1 fully saturated rings. The van der Waals surface area contributed by atoms with E-state index in [1.54, 1.807) is 24.3 Å². The van der Waals surface area contributed by atoms with E-state index in [0.717, 1.165) is 6.42 Å². The van der Waals surface area contributed by atoms with Crippen LogP contribution in [-0.2, 0) is 4.79 Å². The molecule has 0 radical (unpaired) electrons. The van der Waals surface area contributed by atoms with Gasteiger partial charge in [-0.3, -0.25) is 4.79 Å². The number of nitriles is 1. The number of nitrogens with zero attached hydrogens (tertiary/aromatic N) is 1. The minimum Gasteiger partial charge on any atom is -0.482 e. The molecule has 1 N–H and O–H groups in total. The van der Waals surface area contributed by atoms with Crippen molar-refractivity contribution in [2.45, 2.75) is 38.6 Å². The van der Waals surface area contributed by atoms with Crippen molar-refractivity contribution in [2.75, 3.05) is 6.61 Å². The Morgan fingerprint density at radius 3 is 2.90 bits per heavy atom. The van der Waals surface area contributed by atoms with Gasteiger partial charge in [0.15, 0.2) is 6.61 Å². The predicted octanol–water partition coefficient (Wildman–Crippen LogP) is 2.63. The summed E-state index contributed by atoms with van der Waals surface area (Å²) >= 11 is 0. The first kappa shape index (κ1) is 14.4. The Hall–Kier alpha value is -2.02. The largest absolute Gasteiger partial charge is 0.482 e. The minimum atomic E-state index is -0.114. The van der Waals surface area contributed by atoms with E-state index in [9.17, 15) is 4.79 Å². The maximum absolute atomic E-state index is 11.9. The van der Waals surface area contributed by atoms with Gasteiger partial charge in [-0.05, 0) is 30.9 Å². The zero-order chi connectivity index (χ0) is 14.4. The lowest BCUT2D eigenvalue weighted by atomic mass is 9.86. The molecule has 2 rings (SSSR count). The van der Waals surface area contributed by atoms with Crippen LogP contribution in [-0.4, -0.2) is 18.6 Å². The number of carbonyl (C=O) groups excluding carboxylic acids is 1. The van der Waals surface area contributed by atoms with E-state index >= 15 is 0 Å². The molecule has 1 aliphatic carbocycles. The molecular weight excluding hydrogens is 252 g/mol. The highest BCUT2D eigenvalue weighted by Crippen LogP contribution is 2.23. The summed E-state index contributed by atoms with van der Waals surface area (Å²) in [4.78, 5) is 11.9. The second kappa shape index (κ2) is 6.95. The van der Waals surface area contributed by atoms with E-state index in [2.05, 4.69) is 18.3 Å². The monoisotopic (exact) mass is 272 g/mol. The van der Waals surface area contributed by atoms with Crippen LogP contribution in [0.5, 0.6) is 5.75 Å². The van der Waals surface area contributed by atoms with Gasteiger partial charge in [0.25, 0.3) is 5.91 Å². The molecule has 4 nitrogen and oxygen atoms in total. The van der Waals surface area contributed by atoms with Crippen molar-refractivity contribution in [3.63, 3.8) is 0 Å². The second-order valence-electron chi connectivity index (χ2n) is 5.33. The third-order valence-corrected chi connectivity index (χ3v) is 3.82. The summed E-state index contributed by atoms with van der Waals surface area (Å²) in [5, 5.41) is 12.0. The smallest absolute Gasteiger partial charge is 0.258 e. The molecule has 0 heterocycles. The average molecular weight is 272 g/mol. The van der Waals surface area contributed by atoms with E-state index in [-0.39, 0.29) is 18.6 Å². The highest BCUT2D eigenvalue weighted by Gasteiger charge is 2.22. The Morgan fingerprint density at radius 1 is 1.40 bits per heavy atom. The summed E-state index contributed by atoms with van der Waals surface area (Å²) in [6.07, 6.45) is 4.64. The lowest BCUT2D eigenvalue weighted by Crippen LogP contribution is -2.43. The molecule has 106 valence electrons. The molecule has 1 aliphatic rings. The summed E-state index contributed by atoms with van der Waals surface area (Å²) in [6.45, 7) is 2.14. The number of carbonyl (C=O) groups is 1. The molecule has 1 aromatic carbocycles. The maximum atomic E-state index is 11.9. The first-order valence-electron chi connectivity index (χ1n) is 7.12. The van der Waals surface area contributed by atoms with E-state index in [1.807, 2.05) is 0 Å². The van der Waals surface area contributed by atoms with Gasteiger partial charge in [0.2, 0.25) is 0 Å². The zero-order valence-corrected chi connectivity index (χ0v) is 11.8. The second-order valence-corrected chi connectivity index (χ2v) is 5.33. The Kier molecular flexibility index (Phi) is 5.00. The summed E-state index contributed by atoms with van der Waals surface area (Å²) in [5.74, 6) is 0.873. The van der Waals surface area contributed by atoms with Crippen molar-refractivity contribution in [1.82, 2.24) is 5.32 Å². The summed E-state index contributed by atoms with van der Waals surface area (Å²) in [6, 6.07) is 9.25. The Bertz CT molecular complexity index is 507. The van der Waals surface area contributed by atoms with Crippen LogP contribution in [0.3, 0.4) is 0 Å². The molecule has 0 bridgehead atoms. The first-order valence-corrected chi connectivity index (χ1v) is 7.12. The van der Waals surface area contributed by atoms with Gasteiger partial charge in [0, 0.05) is 6.04 Å². The number of nitrogens with one attached hydrogen (secondary N) is 1. The molecule has 2 atom stereocenters. The fraction of sp³-hybridized carbons (Fsp3) is 0.500. The molecule has 0 spiro atoms. The van der Waals surface area contributed by atoms with Crippen molar-refractivity contribution in [3.05, 3.63) is 29.8 Å². The number of amides is 1. The molecule has 1 saturated carbocycles. The molecule has 20 heavy (non-hydrogen) atoms. The van der Waals surface area contributed by atoms with Gasteiger partial charge in [0.1, 0.15) is 11.8 Å². The highest BCUT2D eigenvalue weighted by atomic mass is 16.5. The Balaban J connectivity index is 1.84. The predicted molar refractivity (Wildman–Crippen MR) is 76.2 cm³/mol. The van der Waals surface area contributed by atoms with Crippen LogP contribution in [0, 0.1) is 17.2 Å². The van der Waals surface area contributed by atoms with Crippen LogP contribution < -0.4 is 10.1 Å². The van der Waals surface area contributed by atoms with Gasteiger partial charge >= 0.3 is 0 Å². The standard InChI is InChI=1S/C16H20N2O2/c1-12-6-2-4-8-14(12)18-16(19)11-20-15-9-5-3-7-13(15)10-17/h3,5,7,9,12,14H,2,4,6,8,11H2,1H3,(H,18,19)/t12-,14+/m1/s1. The van der Waals surface area contributed by atoms with Crippen molar-refractivity contribution >= 4 is 5.91 Å². The third-order valence-electron chi connectivity index (χ3n) is 3.82. The van der Waals surface area contributed by atoms with Gasteiger partial charge < -0.3 is 10.1 Å². The van der Waals surface area contributed by atoms with Crippen LogP contribution in [0.15, 0.2) is 24.3 Å². The topological polar surface area (TPSA) is 62.1 Å². The number of hydrogen-bond donors (Lipinski definition) is 1. The number of para-hydroxylation sites is 1. The van der Waals surface area contributed by atoms with Crippen LogP contribution in [0.4, 0.5) is 0 Å². The van der Waals surface area contributed by atoms with Crippen molar-refractivity contribution in [3.8, 4) is 11.8 Å². The summed E-state index contributed by atoms with van der Waals surface area (Å²) in [5.41, 5.74) is 0.450. The van der Waals surface area contributed by atoms with Gasteiger partial charge in [-0.25, -0.2) is 0 Å². The summed E-state index contributed by atoms with van der Waals surface area (Å²) in [7, 11) is 0. The lowest BCUT2D eigenvalue weighted by Gasteiger charge is -2.29. The average Bonchev–Trinajstić information content (AvgIpc) is 2.48. The number of benzene rings is 1. The van der Waals surface area contributed by atoms with Crippen LogP contribution in [0.2, 0.25) is 0 Å². The third kappa shape index (κ3) is 3.74. The van der Waals surface area contributed by atoms with Gasteiger partial charge in [-0.15, -0.1) is 0 Å². The van der Waals surface area contributed by atoms with Gasteiger partial charge in [0.05, 0.1) is 5.56 Å². The number of rotatable bonds is 4. The van der Waals surface area contributed by atoms with E-state index in [0.29, 0.717) is 17.2 Å². The SMILES string of the molecule is C[C@@H]1CCCC[C@@H]1NC(=O)COc1ccccc1C#N. The Morgan fingerprint density at radius 2 is 2.15 bits per heavy atom. The quantitative estimate of drug-likeness (QED) is 0.916. The van der Waals surface area contributed by atoms with Gasteiger partial charge in [-0.1, -0.05) is 31.9 Å². The van der Waals surface area contributed by atoms with Crippen molar-refractivity contribution < 1.29 is 9.53 Å². The van der Waals surface area contributed by atoms with E-state index in [1.165, 1.54) is 19.3 Å². The van der Waals surface area contributed by atoms with Crippen LogP contribution in [0.1, 0.15) is 38.2 Å². The molecule has 0 saturated heterocycles. The lowest BCUT2D eigenvalue weighted by molar-refractivity contribution is -0.124. The van der Waals surface area contributed by atoms with Crippen LogP contribution in [0.25, 0.3) is 0 Å². The molecule has 1 amide bonds. The molecule has 0 aromatic heterocycles. The fourth-order valence-corrected chi connectivity index (χ4v) is 2.61. The molecule has 1 aromatic rings. The van der Waals surface area contributed by atoms with E-state index < -0.39 is 0 Å². The number of ether oxygens (including phenoxy) is 1. The molecule has 0 unspecified atom stereocenters. The number of hydrogen-bond acceptors (Lipinski definition) is 3. The van der Waals surface area contributed by atoms with Crippen molar-refractivity contribution in [2.24, 2.45) is 5.92 Å². The normalized spacial score (nSPS) is 21.8.